The van der Waals surface area contributed by atoms with Gasteiger partial charge in [-0.3, -0.25) is 0 Å². The van der Waals surface area contributed by atoms with Gasteiger partial charge in [0.25, 0.3) is 0 Å². The van der Waals surface area contributed by atoms with Crippen LogP contribution in [0.15, 0.2) is 24.5 Å². The number of alkyl halides is 6. The molecule has 2 aromatic heterocycles. The van der Waals surface area contributed by atoms with Gasteiger partial charge in [0.2, 0.25) is 0 Å². The van der Waals surface area contributed by atoms with Crippen LogP contribution in [-0.4, -0.2) is 9.55 Å². The fourth-order valence-electron chi connectivity index (χ4n) is 1.83. The molecule has 0 bridgehead atoms. The molecule has 2 rings (SSSR count). The maximum atomic E-state index is 12.9. The van der Waals surface area contributed by atoms with Crippen molar-refractivity contribution in [3.8, 4) is 11.9 Å². The number of pyridine rings is 1. The normalized spacial score (nSPS) is 12.3. The Morgan fingerprint density at radius 2 is 1.77 bits per heavy atom. The van der Waals surface area contributed by atoms with Gasteiger partial charge in [0.15, 0.2) is 5.82 Å². The number of nitrogens with zero attached hydrogens (tertiary/aromatic N) is 3. The van der Waals surface area contributed by atoms with E-state index in [9.17, 15) is 26.3 Å². The number of nitriles is 1. The Morgan fingerprint density at radius 3 is 2.18 bits per heavy atom. The predicted octanol–water partition coefficient (Wildman–Crippen LogP) is 4.09. The monoisotopic (exact) mass is 319 g/mol. The van der Waals surface area contributed by atoms with Crippen molar-refractivity contribution >= 4 is 0 Å². The van der Waals surface area contributed by atoms with E-state index in [1.54, 1.807) is 6.92 Å². The highest BCUT2D eigenvalue weighted by Crippen LogP contribution is 2.38. The maximum absolute atomic E-state index is 12.9. The highest BCUT2D eigenvalue weighted by molar-refractivity contribution is 5.52. The van der Waals surface area contributed by atoms with E-state index in [2.05, 4.69) is 4.98 Å². The van der Waals surface area contributed by atoms with E-state index in [0.29, 0.717) is 5.56 Å². The molecule has 0 saturated heterocycles. The Labute approximate surface area is 120 Å². The lowest BCUT2D eigenvalue weighted by molar-refractivity contribution is -0.145. The molecule has 2 aromatic rings. The summed E-state index contributed by atoms with van der Waals surface area (Å²) in [6, 6.07) is 2.60. The first-order chi connectivity index (χ1) is 10.0. The second-order valence-electron chi connectivity index (χ2n) is 4.46. The summed E-state index contributed by atoms with van der Waals surface area (Å²) in [4.78, 5) is 3.19. The van der Waals surface area contributed by atoms with Crippen LogP contribution < -0.4 is 0 Å². The molecule has 0 spiro atoms. The number of hydrogen-bond acceptors (Lipinski definition) is 2. The van der Waals surface area contributed by atoms with Crippen LogP contribution in [-0.2, 0) is 12.4 Å². The molecule has 0 atom stereocenters. The first-order valence-electron chi connectivity index (χ1n) is 5.78. The largest absolute Gasteiger partial charge is 0.433 e. The molecule has 0 aliphatic heterocycles. The standard InChI is InChI=1S/C13H7F6N3/c1-7-2-3-22(6-7)11-8(5-20)9(12(14,15)16)4-10(21-11)13(17,18)19/h2-4,6H,1H3. The smallest absolute Gasteiger partial charge is 0.307 e. The number of hydrogen-bond donors (Lipinski definition) is 0. The minimum Gasteiger partial charge on any atom is -0.307 e. The minimum absolute atomic E-state index is 0.154. The fourth-order valence-corrected chi connectivity index (χ4v) is 1.83. The summed E-state index contributed by atoms with van der Waals surface area (Å²) in [7, 11) is 0. The quantitative estimate of drug-likeness (QED) is 0.743. The van der Waals surface area contributed by atoms with E-state index in [1.165, 1.54) is 24.5 Å². The summed E-state index contributed by atoms with van der Waals surface area (Å²) in [5.74, 6) is -0.710. The Bertz CT molecular complexity index is 749. The van der Waals surface area contributed by atoms with Crippen LogP contribution in [0.2, 0.25) is 0 Å². The Kier molecular flexibility index (Phi) is 3.64. The maximum Gasteiger partial charge on any atom is 0.433 e. The molecule has 0 aliphatic rings. The van der Waals surface area contributed by atoms with E-state index in [-0.39, 0.29) is 6.07 Å². The van der Waals surface area contributed by atoms with Crippen LogP contribution in [0.25, 0.3) is 5.82 Å². The van der Waals surface area contributed by atoms with Crippen molar-refractivity contribution in [3.05, 3.63) is 46.9 Å². The average molecular weight is 319 g/mol. The lowest BCUT2D eigenvalue weighted by Crippen LogP contribution is -2.17. The topological polar surface area (TPSA) is 41.6 Å². The van der Waals surface area contributed by atoms with Crippen molar-refractivity contribution in [2.45, 2.75) is 19.3 Å². The molecule has 0 unspecified atom stereocenters. The van der Waals surface area contributed by atoms with Crippen LogP contribution in [0.3, 0.4) is 0 Å². The number of halogens is 6. The van der Waals surface area contributed by atoms with Crippen molar-refractivity contribution in [2.24, 2.45) is 0 Å². The summed E-state index contributed by atoms with van der Waals surface area (Å²) < 4.78 is 78.1. The molecule has 3 nitrogen and oxygen atoms in total. The Hall–Kier alpha value is -2.50. The molecule has 0 aromatic carbocycles. The number of aryl methyl sites for hydroxylation is 1. The zero-order chi connectivity index (χ0) is 16.7. The van der Waals surface area contributed by atoms with Gasteiger partial charge >= 0.3 is 12.4 Å². The van der Waals surface area contributed by atoms with E-state index < -0.39 is 35.0 Å². The fraction of sp³-hybridized carbons (Fsp3) is 0.231. The van der Waals surface area contributed by atoms with Gasteiger partial charge in [-0.1, -0.05) is 0 Å². The van der Waals surface area contributed by atoms with Gasteiger partial charge in [0, 0.05) is 12.4 Å². The van der Waals surface area contributed by atoms with Gasteiger partial charge in [-0.15, -0.1) is 0 Å². The Morgan fingerprint density at radius 1 is 1.14 bits per heavy atom. The second-order valence-corrected chi connectivity index (χ2v) is 4.46. The molecule has 116 valence electrons. The van der Waals surface area contributed by atoms with Crippen molar-refractivity contribution in [1.29, 1.82) is 5.26 Å². The van der Waals surface area contributed by atoms with Gasteiger partial charge in [-0.25, -0.2) is 4.98 Å². The zero-order valence-electron chi connectivity index (χ0n) is 10.9. The molecule has 0 amide bonds. The highest BCUT2D eigenvalue weighted by atomic mass is 19.4. The van der Waals surface area contributed by atoms with Crippen LogP contribution in [0.5, 0.6) is 0 Å². The lowest BCUT2D eigenvalue weighted by atomic mass is 10.1. The zero-order valence-corrected chi connectivity index (χ0v) is 10.9. The van der Waals surface area contributed by atoms with E-state index in [4.69, 9.17) is 5.26 Å². The van der Waals surface area contributed by atoms with Gasteiger partial charge in [-0.05, 0) is 24.6 Å². The minimum atomic E-state index is -5.11. The third-order valence-electron chi connectivity index (χ3n) is 2.79. The van der Waals surface area contributed by atoms with Crippen LogP contribution in [0.4, 0.5) is 26.3 Å². The van der Waals surface area contributed by atoms with Gasteiger partial charge in [0.05, 0.1) is 5.56 Å². The van der Waals surface area contributed by atoms with E-state index in [0.717, 1.165) is 4.57 Å². The molecular formula is C13H7F6N3. The lowest BCUT2D eigenvalue weighted by Gasteiger charge is -2.16. The molecule has 2 heterocycles. The molecule has 9 heteroatoms. The summed E-state index contributed by atoms with van der Waals surface area (Å²) >= 11 is 0. The molecule has 0 aliphatic carbocycles. The second kappa shape index (κ2) is 5.05. The van der Waals surface area contributed by atoms with Crippen molar-refractivity contribution in [3.63, 3.8) is 0 Å². The van der Waals surface area contributed by atoms with Crippen molar-refractivity contribution < 1.29 is 26.3 Å². The molecule has 0 fully saturated rings. The van der Waals surface area contributed by atoms with E-state index in [1.807, 2.05) is 0 Å². The summed E-state index contributed by atoms with van der Waals surface area (Å²) in [5, 5.41) is 8.94. The predicted molar refractivity (Wildman–Crippen MR) is 63.0 cm³/mol. The first-order valence-corrected chi connectivity index (χ1v) is 5.78. The summed E-state index contributed by atoms with van der Waals surface area (Å²) in [6.45, 7) is 1.60. The average Bonchev–Trinajstić information content (AvgIpc) is 2.81. The van der Waals surface area contributed by atoms with Crippen molar-refractivity contribution in [1.82, 2.24) is 9.55 Å². The molecule has 0 N–H and O–H groups in total. The Balaban J connectivity index is 2.84. The summed E-state index contributed by atoms with van der Waals surface area (Å²) in [6.07, 6.45) is -7.65. The van der Waals surface area contributed by atoms with Crippen molar-refractivity contribution in [2.75, 3.05) is 0 Å². The van der Waals surface area contributed by atoms with Gasteiger partial charge in [-0.2, -0.15) is 31.6 Å². The molecule has 0 saturated carbocycles. The van der Waals surface area contributed by atoms with Crippen LogP contribution in [0, 0.1) is 18.3 Å². The van der Waals surface area contributed by atoms with E-state index >= 15 is 0 Å². The molecule has 22 heavy (non-hydrogen) atoms. The SMILES string of the molecule is Cc1ccn(-c2nc(C(F)(F)F)cc(C(F)(F)F)c2C#N)c1. The molecular weight excluding hydrogens is 312 g/mol. The highest BCUT2D eigenvalue weighted by Gasteiger charge is 2.41. The first kappa shape index (κ1) is 15.9. The van der Waals surface area contributed by atoms with Gasteiger partial charge in [0.1, 0.15) is 17.3 Å². The third kappa shape index (κ3) is 2.90. The van der Waals surface area contributed by atoms with Gasteiger partial charge < -0.3 is 4.57 Å². The van der Waals surface area contributed by atoms with Crippen LogP contribution in [0.1, 0.15) is 22.4 Å². The van der Waals surface area contributed by atoms with Crippen LogP contribution >= 0.6 is 0 Å². The number of aromatic nitrogens is 2. The summed E-state index contributed by atoms with van der Waals surface area (Å²) in [5.41, 5.74) is -3.74. The number of rotatable bonds is 1. The third-order valence-corrected chi connectivity index (χ3v) is 2.79. The molecule has 0 radical (unpaired) electrons.